The van der Waals surface area contributed by atoms with Crippen LogP contribution in [0.4, 0.5) is 15.8 Å². The highest BCUT2D eigenvalue weighted by atomic mass is 35.5. The molecule has 9 nitrogen and oxygen atoms in total. The van der Waals surface area contributed by atoms with Crippen molar-refractivity contribution in [3.63, 3.8) is 0 Å². The van der Waals surface area contributed by atoms with Crippen LogP contribution in [0.15, 0.2) is 30.3 Å². The number of nitrogens with zero attached hydrogens (tertiary/aromatic N) is 2. The Morgan fingerprint density at radius 1 is 1.28 bits per heavy atom. The highest BCUT2D eigenvalue weighted by Crippen LogP contribution is 2.35. The number of nitro benzene ring substituents is 1. The van der Waals surface area contributed by atoms with E-state index in [0.29, 0.717) is 19.8 Å². The number of methoxy groups -OCH3 is 1. The second-order valence-corrected chi connectivity index (χ2v) is 7.42. The van der Waals surface area contributed by atoms with Gasteiger partial charge in [0.1, 0.15) is 11.4 Å². The van der Waals surface area contributed by atoms with Gasteiger partial charge in [0.25, 0.3) is 11.6 Å². The molecule has 2 aromatic carbocycles. The number of nitrogens with one attached hydrogen (secondary N) is 1. The number of morpholine rings is 1. The number of nitro groups is 1. The maximum atomic E-state index is 13.4. The summed E-state index contributed by atoms with van der Waals surface area (Å²) in [5.41, 5.74) is -0.479. The Balaban J connectivity index is 1.75. The van der Waals surface area contributed by atoms with Crippen LogP contribution in [0.5, 0.6) is 11.5 Å². The standard InChI is InChI=1S/C21H23ClFN3O6/c1-30-19-13-18(26(28)29)15(21(27)24-14-3-4-17(23)16(22)11-14)12-20(19)32-8-2-5-25-6-9-31-10-7-25/h3-4,11-13H,2,5-10H2,1H3,(H,24,27). The zero-order chi connectivity index (χ0) is 23.1. The molecule has 0 spiro atoms. The molecule has 0 aliphatic carbocycles. The van der Waals surface area contributed by atoms with Crippen LogP contribution < -0.4 is 14.8 Å². The van der Waals surface area contributed by atoms with Crippen LogP contribution in [0, 0.1) is 15.9 Å². The molecule has 3 rings (SSSR count). The van der Waals surface area contributed by atoms with Crippen molar-refractivity contribution in [3.8, 4) is 11.5 Å². The van der Waals surface area contributed by atoms with E-state index in [1.807, 2.05) is 0 Å². The zero-order valence-electron chi connectivity index (χ0n) is 17.4. The molecule has 1 aliphatic heterocycles. The van der Waals surface area contributed by atoms with Crippen molar-refractivity contribution >= 4 is 28.9 Å². The van der Waals surface area contributed by atoms with Gasteiger partial charge < -0.3 is 19.5 Å². The fraction of sp³-hybridized carbons (Fsp3) is 0.381. The lowest BCUT2D eigenvalue weighted by Gasteiger charge is -2.26. The monoisotopic (exact) mass is 467 g/mol. The lowest BCUT2D eigenvalue weighted by atomic mass is 10.1. The molecule has 0 saturated carbocycles. The van der Waals surface area contributed by atoms with Crippen molar-refractivity contribution in [1.82, 2.24) is 4.90 Å². The van der Waals surface area contributed by atoms with Gasteiger partial charge in [-0.2, -0.15) is 0 Å². The molecule has 1 N–H and O–H groups in total. The summed E-state index contributed by atoms with van der Waals surface area (Å²) in [5.74, 6) is -1.06. The van der Waals surface area contributed by atoms with Crippen molar-refractivity contribution < 1.29 is 28.3 Å². The number of anilines is 1. The second-order valence-electron chi connectivity index (χ2n) is 7.02. The molecule has 1 amide bonds. The summed E-state index contributed by atoms with van der Waals surface area (Å²) in [6, 6.07) is 6.02. The Morgan fingerprint density at radius 3 is 2.69 bits per heavy atom. The quantitative estimate of drug-likeness (QED) is 0.340. The first-order chi connectivity index (χ1) is 15.4. The van der Waals surface area contributed by atoms with E-state index in [4.69, 9.17) is 25.8 Å². The number of hydrogen-bond acceptors (Lipinski definition) is 7. The van der Waals surface area contributed by atoms with Crippen LogP contribution in [0.25, 0.3) is 0 Å². The summed E-state index contributed by atoms with van der Waals surface area (Å²) in [6.45, 7) is 4.28. The number of rotatable bonds is 9. The minimum Gasteiger partial charge on any atom is -0.493 e. The van der Waals surface area contributed by atoms with Gasteiger partial charge in [-0.15, -0.1) is 0 Å². The maximum Gasteiger partial charge on any atom is 0.286 e. The molecule has 0 aromatic heterocycles. The van der Waals surface area contributed by atoms with E-state index in [1.165, 1.54) is 25.3 Å². The molecule has 11 heteroatoms. The highest BCUT2D eigenvalue weighted by molar-refractivity contribution is 6.31. The average Bonchev–Trinajstić information content (AvgIpc) is 2.79. The Labute approximate surface area is 189 Å². The Hall–Kier alpha value is -2.95. The third-order valence-electron chi connectivity index (χ3n) is 4.88. The molecule has 1 aliphatic rings. The number of halogens is 2. The topological polar surface area (TPSA) is 103 Å². The van der Waals surface area contributed by atoms with Crippen LogP contribution in [-0.4, -0.2) is 62.3 Å². The summed E-state index contributed by atoms with van der Waals surface area (Å²) in [7, 11) is 1.36. The zero-order valence-corrected chi connectivity index (χ0v) is 18.2. The Kier molecular flexibility index (Phi) is 8.20. The third kappa shape index (κ3) is 6.06. The molecule has 1 heterocycles. The molecule has 1 fully saturated rings. The van der Waals surface area contributed by atoms with Crippen molar-refractivity contribution in [2.24, 2.45) is 0 Å². The molecule has 172 valence electrons. The van der Waals surface area contributed by atoms with E-state index in [1.54, 1.807) is 0 Å². The van der Waals surface area contributed by atoms with Gasteiger partial charge in [0.2, 0.25) is 0 Å². The minimum atomic E-state index is -0.764. The summed E-state index contributed by atoms with van der Waals surface area (Å²) >= 11 is 5.74. The van der Waals surface area contributed by atoms with Gasteiger partial charge in [-0.1, -0.05) is 11.6 Å². The number of benzene rings is 2. The van der Waals surface area contributed by atoms with Gasteiger partial charge in [0.15, 0.2) is 11.5 Å². The third-order valence-corrected chi connectivity index (χ3v) is 5.17. The van der Waals surface area contributed by atoms with Crippen LogP contribution in [-0.2, 0) is 4.74 Å². The fourth-order valence-corrected chi connectivity index (χ4v) is 3.40. The molecule has 32 heavy (non-hydrogen) atoms. The smallest absolute Gasteiger partial charge is 0.286 e. The van der Waals surface area contributed by atoms with E-state index in [-0.39, 0.29) is 27.8 Å². The van der Waals surface area contributed by atoms with E-state index in [0.717, 1.165) is 38.2 Å². The summed E-state index contributed by atoms with van der Waals surface area (Å²) in [6.07, 6.45) is 0.718. The predicted molar refractivity (Wildman–Crippen MR) is 116 cm³/mol. The highest BCUT2D eigenvalue weighted by Gasteiger charge is 2.25. The van der Waals surface area contributed by atoms with Gasteiger partial charge in [0, 0.05) is 31.4 Å². The summed E-state index contributed by atoms with van der Waals surface area (Å²) in [4.78, 5) is 25.9. The summed E-state index contributed by atoms with van der Waals surface area (Å²) < 4.78 is 29.7. The minimum absolute atomic E-state index is 0.143. The fourth-order valence-electron chi connectivity index (χ4n) is 3.22. The lowest BCUT2D eigenvalue weighted by molar-refractivity contribution is -0.385. The SMILES string of the molecule is COc1cc([N+](=O)[O-])c(C(=O)Nc2ccc(F)c(Cl)c2)cc1OCCCN1CCOCC1. The molecule has 0 unspecified atom stereocenters. The Bertz CT molecular complexity index is 984. The normalized spacial score (nSPS) is 14.1. The first-order valence-corrected chi connectivity index (χ1v) is 10.3. The second kappa shape index (κ2) is 11.1. The van der Waals surface area contributed by atoms with Crippen LogP contribution in [0.1, 0.15) is 16.8 Å². The molecular formula is C21H23ClFN3O6. The number of ether oxygens (including phenoxy) is 3. The maximum absolute atomic E-state index is 13.4. The first-order valence-electron chi connectivity index (χ1n) is 9.94. The number of hydrogen-bond donors (Lipinski definition) is 1. The van der Waals surface area contributed by atoms with Crippen molar-refractivity contribution in [1.29, 1.82) is 0 Å². The van der Waals surface area contributed by atoms with E-state index < -0.39 is 22.3 Å². The van der Waals surface area contributed by atoms with Gasteiger partial charge in [-0.3, -0.25) is 19.8 Å². The molecule has 1 saturated heterocycles. The van der Waals surface area contributed by atoms with Crippen molar-refractivity contribution in [3.05, 3.63) is 56.8 Å². The summed E-state index contributed by atoms with van der Waals surface area (Å²) in [5, 5.41) is 13.8. The van der Waals surface area contributed by atoms with Crippen LogP contribution >= 0.6 is 11.6 Å². The number of carbonyl (C=O) groups is 1. The lowest BCUT2D eigenvalue weighted by Crippen LogP contribution is -2.37. The van der Waals surface area contributed by atoms with E-state index in [2.05, 4.69) is 10.2 Å². The van der Waals surface area contributed by atoms with Crippen LogP contribution in [0.2, 0.25) is 5.02 Å². The van der Waals surface area contributed by atoms with Gasteiger partial charge in [-0.25, -0.2) is 4.39 Å². The molecule has 2 aromatic rings. The van der Waals surface area contributed by atoms with Crippen molar-refractivity contribution in [2.45, 2.75) is 6.42 Å². The molecular weight excluding hydrogens is 445 g/mol. The molecule has 0 atom stereocenters. The van der Waals surface area contributed by atoms with Gasteiger partial charge in [-0.05, 0) is 24.6 Å². The Morgan fingerprint density at radius 2 is 2.03 bits per heavy atom. The van der Waals surface area contributed by atoms with Crippen LogP contribution in [0.3, 0.4) is 0 Å². The van der Waals surface area contributed by atoms with E-state index >= 15 is 0 Å². The van der Waals surface area contributed by atoms with Gasteiger partial charge >= 0.3 is 0 Å². The predicted octanol–water partition coefficient (Wildman–Crippen LogP) is 3.75. The van der Waals surface area contributed by atoms with Gasteiger partial charge in [0.05, 0.1) is 42.9 Å². The molecule has 0 bridgehead atoms. The largest absolute Gasteiger partial charge is 0.493 e. The first kappa shape index (κ1) is 23.7. The molecule has 0 radical (unpaired) electrons. The number of carbonyl (C=O) groups excluding carboxylic acids is 1. The van der Waals surface area contributed by atoms with Crippen molar-refractivity contribution in [2.75, 3.05) is 51.9 Å². The average molecular weight is 468 g/mol. The van der Waals surface area contributed by atoms with E-state index in [9.17, 15) is 19.3 Å². The number of amides is 1.